The van der Waals surface area contributed by atoms with Crippen LogP contribution in [-0.4, -0.2) is 25.7 Å². The molecule has 0 unspecified atom stereocenters. The van der Waals surface area contributed by atoms with Gasteiger partial charge in [0.05, 0.1) is 6.26 Å². The normalized spacial score (nSPS) is 10.9. The van der Waals surface area contributed by atoms with Gasteiger partial charge in [0.1, 0.15) is 11.5 Å². The van der Waals surface area contributed by atoms with Crippen LogP contribution in [0.1, 0.15) is 21.6 Å². The number of hydrogen-bond acceptors (Lipinski definition) is 5. The van der Waals surface area contributed by atoms with E-state index in [0.29, 0.717) is 34.1 Å². The predicted octanol–water partition coefficient (Wildman–Crippen LogP) is 3.85. The summed E-state index contributed by atoms with van der Waals surface area (Å²) in [5.41, 5.74) is 1.79. The van der Waals surface area contributed by atoms with Crippen molar-refractivity contribution in [3.63, 3.8) is 0 Å². The molecule has 3 heterocycles. The third kappa shape index (κ3) is 3.77. The van der Waals surface area contributed by atoms with E-state index in [2.05, 4.69) is 36.3 Å². The number of aryl methyl sites for hydroxylation is 1. The van der Waals surface area contributed by atoms with Crippen LogP contribution < -0.4 is 10.9 Å². The van der Waals surface area contributed by atoms with Crippen LogP contribution in [0.25, 0.3) is 17.4 Å². The fourth-order valence-corrected chi connectivity index (χ4v) is 2.96. The number of carbonyl (C=O) groups is 1. The van der Waals surface area contributed by atoms with Crippen LogP contribution in [0.2, 0.25) is 0 Å². The molecule has 146 valence electrons. The fraction of sp³-hybridized carbons (Fsp3) is 0.100. The zero-order valence-electron chi connectivity index (χ0n) is 15.6. The van der Waals surface area contributed by atoms with E-state index in [1.807, 2.05) is 0 Å². The molecule has 8 nitrogen and oxygen atoms in total. The summed E-state index contributed by atoms with van der Waals surface area (Å²) >= 11 is 3.35. The maximum atomic E-state index is 12.7. The van der Waals surface area contributed by atoms with Crippen molar-refractivity contribution < 1.29 is 9.21 Å². The maximum Gasteiger partial charge on any atom is 0.256 e. The first-order chi connectivity index (χ1) is 13.9. The molecule has 1 amide bonds. The van der Waals surface area contributed by atoms with E-state index >= 15 is 0 Å². The zero-order valence-corrected chi connectivity index (χ0v) is 17.1. The second-order valence-electron chi connectivity index (χ2n) is 6.36. The van der Waals surface area contributed by atoms with Gasteiger partial charge in [0, 0.05) is 27.4 Å². The molecule has 29 heavy (non-hydrogen) atoms. The molecule has 0 aliphatic carbocycles. The minimum absolute atomic E-state index is 0.196. The van der Waals surface area contributed by atoms with E-state index in [1.54, 1.807) is 56.3 Å². The number of nitrogens with one attached hydrogen (secondary N) is 2. The molecule has 0 aliphatic heterocycles. The molecule has 4 aromatic rings. The molecule has 2 N–H and O–H groups in total. The number of furan rings is 1. The topological polar surface area (TPSA) is 106 Å². The van der Waals surface area contributed by atoms with Crippen LogP contribution in [0.3, 0.4) is 0 Å². The van der Waals surface area contributed by atoms with E-state index in [9.17, 15) is 9.59 Å². The van der Waals surface area contributed by atoms with Crippen LogP contribution in [0.5, 0.6) is 0 Å². The first-order valence-corrected chi connectivity index (χ1v) is 9.50. The Hall–Kier alpha value is -3.46. The van der Waals surface area contributed by atoms with Crippen LogP contribution in [0, 0.1) is 13.8 Å². The van der Waals surface area contributed by atoms with Crippen LogP contribution >= 0.6 is 15.9 Å². The summed E-state index contributed by atoms with van der Waals surface area (Å²) < 4.78 is 7.66. The molecular weight excluding hydrogens is 438 g/mol. The van der Waals surface area contributed by atoms with Crippen molar-refractivity contribution in [1.29, 1.82) is 0 Å². The van der Waals surface area contributed by atoms with E-state index in [0.717, 1.165) is 4.47 Å². The third-order valence-corrected chi connectivity index (χ3v) is 4.94. The Balaban J connectivity index is 1.78. The molecule has 3 aromatic heterocycles. The molecule has 0 radical (unpaired) electrons. The number of halogens is 1. The minimum Gasteiger partial charge on any atom is -0.463 e. The van der Waals surface area contributed by atoms with Crippen LogP contribution in [0.15, 0.2) is 62.4 Å². The SMILES string of the molecule is Cc1nc(-n2nc(-c3ccco3)cc2NC(=O)c2ccc(Br)cc2)[nH]c(=O)c1C. The molecule has 0 aliphatic rings. The number of anilines is 1. The first-order valence-electron chi connectivity index (χ1n) is 8.71. The Morgan fingerprint density at radius 1 is 1.21 bits per heavy atom. The minimum atomic E-state index is -0.323. The zero-order chi connectivity index (χ0) is 20.5. The van der Waals surface area contributed by atoms with Crippen molar-refractivity contribution in [2.75, 3.05) is 5.32 Å². The number of H-pyrrole nitrogens is 1. The predicted molar refractivity (Wildman–Crippen MR) is 111 cm³/mol. The standard InChI is InChI=1S/C20H16BrN5O3/c1-11-12(2)22-20(24-18(11)27)26-17(10-15(25-26)16-4-3-9-29-16)23-19(28)13-5-7-14(21)8-6-13/h3-10H,1-2H3,(H,23,28)(H,22,24,27). The molecule has 4 rings (SSSR count). The van der Waals surface area contributed by atoms with Gasteiger partial charge < -0.3 is 9.73 Å². The highest BCUT2D eigenvalue weighted by atomic mass is 79.9. The Kier molecular flexibility index (Phi) is 4.89. The van der Waals surface area contributed by atoms with Crippen molar-refractivity contribution in [1.82, 2.24) is 19.7 Å². The van der Waals surface area contributed by atoms with Crippen LogP contribution in [-0.2, 0) is 0 Å². The molecule has 0 saturated heterocycles. The second-order valence-corrected chi connectivity index (χ2v) is 7.28. The van der Waals surface area contributed by atoms with Gasteiger partial charge in [0.2, 0.25) is 5.95 Å². The third-order valence-electron chi connectivity index (χ3n) is 4.41. The van der Waals surface area contributed by atoms with Crippen molar-refractivity contribution in [2.24, 2.45) is 0 Å². The average Bonchev–Trinajstić information content (AvgIpc) is 3.36. The number of amides is 1. The van der Waals surface area contributed by atoms with E-state index < -0.39 is 0 Å². The molecule has 0 bridgehead atoms. The van der Waals surface area contributed by atoms with Crippen molar-refractivity contribution in [3.8, 4) is 17.4 Å². The summed E-state index contributed by atoms with van der Waals surface area (Å²) in [5, 5.41) is 7.29. The Labute approximate surface area is 173 Å². The molecular formula is C20H16BrN5O3. The van der Waals surface area contributed by atoms with E-state index in [-0.39, 0.29) is 17.4 Å². The molecule has 0 saturated carbocycles. The van der Waals surface area contributed by atoms with Crippen molar-refractivity contribution in [3.05, 3.63) is 80.4 Å². The molecule has 9 heteroatoms. The largest absolute Gasteiger partial charge is 0.463 e. The molecule has 1 aromatic carbocycles. The van der Waals surface area contributed by atoms with Gasteiger partial charge in [-0.3, -0.25) is 14.6 Å². The second kappa shape index (κ2) is 7.51. The highest BCUT2D eigenvalue weighted by molar-refractivity contribution is 9.10. The van der Waals surface area contributed by atoms with Gasteiger partial charge in [-0.05, 0) is 50.2 Å². The molecule has 0 atom stereocenters. The number of nitrogens with zero attached hydrogens (tertiary/aromatic N) is 3. The Morgan fingerprint density at radius 2 is 1.97 bits per heavy atom. The average molecular weight is 454 g/mol. The van der Waals surface area contributed by atoms with Gasteiger partial charge in [0.25, 0.3) is 11.5 Å². The smallest absolute Gasteiger partial charge is 0.256 e. The Morgan fingerprint density at radius 3 is 2.62 bits per heavy atom. The van der Waals surface area contributed by atoms with Gasteiger partial charge in [-0.1, -0.05) is 15.9 Å². The number of aromatic nitrogens is 4. The summed E-state index contributed by atoms with van der Waals surface area (Å²) in [5.74, 6) is 0.739. The first kappa shape index (κ1) is 18.9. The number of aromatic amines is 1. The lowest BCUT2D eigenvalue weighted by Gasteiger charge is -2.09. The van der Waals surface area contributed by atoms with Gasteiger partial charge >= 0.3 is 0 Å². The van der Waals surface area contributed by atoms with Gasteiger partial charge in [-0.15, -0.1) is 0 Å². The van der Waals surface area contributed by atoms with Crippen molar-refractivity contribution in [2.45, 2.75) is 13.8 Å². The van der Waals surface area contributed by atoms with Crippen LogP contribution in [0.4, 0.5) is 5.82 Å². The summed E-state index contributed by atoms with van der Waals surface area (Å²) in [6, 6.07) is 12.1. The summed E-state index contributed by atoms with van der Waals surface area (Å²) in [6.45, 7) is 3.43. The van der Waals surface area contributed by atoms with E-state index in [1.165, 1.54) is 10.9 Å². The fourth-order valence-electron chi connectivity index (χ4n) is 2.70. The van der Waals surface area contributed by atoms with Gasteiger partial charge in [-0.2, -0.15) is 9.78 Å². The monoisotopic (exact) mass is 453 g/mol. The summed E-state index contributed by atoms with van der Waals surface area (Å²) in [4.78, 5) is 32.0. The molecule has 0 spiro atoms. The van der Waals surface area contributed by atoms with Gasteiger partial charge in [-0.25, -0.2) is 4.98 Å². The maximum absolute atomic E-state index is 12.7. The number of hydrogen-bond donors (Lipinski definition) is 2. The highest BCUT2D eigenvalue weighted by Crippen LogP contribution is 2.24. The molecule has 0 fully saturated rings. The van der Waals surface area contributed by atoms with Gasteiger partial charge in [0.15, 0.2) is 5.76 Å². The summed E-state index contributed by atoms with van der Waals surface area (Å²) in [6.07, 6.45) is 1.53. The number of carbonyl (C=O) groups excluding carboxylic acids is 1. The lowest BCUT2D eigenvalue weighted by molar-refractivity contribution is 0.102. The lowest BCUT2D eigenvalue weighted by Crippen LogP contribution is -2.20. The highest BCUT2D eigenvalue weighted by Gasteiger charge is 2.18. The number of benzene rings is 1. The lowest BCUT2D eigenvalue weighted by atomic mass is 10.2. The van der Waals surface area contributed by atoms with E-state index in [4.69, 9.17) is 4.42 Å². The van der Waals surface area contributed by atoms with Crippen molar-refractivity contribution >= 4 is 27.7 Å². The number of rotatable bonds is 4. The Bertz CT molecular complexity index is 1240. The summed E-state index contributed by atoms with van der Waals surface area (Å²) in [7, 11) is 0. The quantitative estimate of drug-likeness (QED) is 0.488.